The molecule has 0 saturated heterocycles. The van der Waals surface area contributed by atoms with E-state index in [0.29, 0.717) is 13.0 Å². The van der Waals surface area contributed by atoms with Gasteiger partial charge in [0.2, 0.25) is 0 Å². The van der Waals surface area contributed by atoms with Crippen molar-refractivity contribution in [3.63, 3.8) is 0 Å². The van der Waals surface area contributed by atoms with Crippen LogP contribution in [0.3, 0.4) is 0 Å². The molecule has 0 amide bonds. The van der Waals surface area contributed by atoms with Gasteiger partial charge in [-0.25, -0.2) is 0 Å². The van der Waals surface area contributed by atoms with E-state index < -0.39 is 0 Å². The highest BCUT2D eigenvalue weighted by Gasteiger charge is 2.15. The van der Waals surface area contributed by atoms with Crippen LogP contribution in [0.1, 0.15) is 36.9 Å². The molecule has 1 atom stereocenters. The van der Waals surface area contributed by atoms with Crippen molar-refractivity contribution < 1.29 is 14.3 Å². The van der Waals surface area contributed by atoms with Gasteiger partial charge < -0.3 is 14.8 Å². The van der Waals surface area contributed by atoms with Gasteiger partial charge in [0, 0.05) is 13.2 Å². The fourth-order valence-electron chi connectivity index (χ4n) is 1.94. The van der Waals surface area contributed by atoms with Crippen LogP contribution in [0.5, 0.6) is 0 Å². The lowest BCUT2D eigenvalue weighted by Gasteiger charge is -2.18. The number of methoxy groups -OCH3 is 2. The summed E-state index contributed by atoms with van der Waals surface area (Å²) in [5.41, 5.74) is 2.20. The van der Waals surface area contributed by atoms with Crippen molar-refractivity contribution >= 4 is 5.97 Å². The predicted octanol–water partition coefficient (Wildman–Crippen LogP) is 2.44. The first kappa shape index (κ1) is 15.7. The standard InChI is InChI=1S/C15H23NO3/c1-4-8-16-14(10-15(17)19-3)13-7-5-6-12(9-13)11-18-2/h5-7,9,14,16H,4,8,10-11H2,1-3H3. The summed E-state index contributed by atoms with van der Waals surface area (Å²) in [5.74, 6) is -0.203. The average Bonchev–Trinajstić information content (AvgIpc) is 2.43. The predicted molar refractivity (Wildman–Crippen MR) is 74.8 cm³/mol. The molecular formula is C15H23NO3. The molecule has 0 bridgehead atoms. The van der Waals surface area contributed by atoms with Crippen LogP contribution in [0, 0.1) is 0 Å². The highest BCUT2D eigenvalue weighted by Crippen LogP contribution is 2.19. The summed E-state index contributed by atoms with van der Waals surface area (Å²) in [4.78, 5) is 11.5. The van der Waals surface area contributed by atoms with E-state index in [0.717, 1.165) is 24.1 Å². The van der Waals surface area contributed by atoms with Crippen LogP contribution in [-0.4, -0.2) is 26.7 Å². The molecular weight excluding hydrogens is 242 g/mol. The number of esters is 1. The van der Waals surface area contributed by atoms with Crippen LogP contribution >= 0.6 is 0 Å². The molecule has 0 fully saturated rings. The fraction of sp³-hybridized carbons (Fsp3) is 0.533. The Balaban J connectivity index is 2.82. The Morgan fingerprint density at radius 1 is 1.37 bits per heavy atom. The Kier molecular flexibility index (Phi) is 7.15. The van der Waals surface area contributed by atoms with Gasteiger partial charge in [-0.3, -0.25) is 4.79 Å². The Bertz CT molecular complexity index is 393. The molecule has 0 spiro atoms. The van der Waals surface area contributed by atoms with Crippen LogP contribution in [0.15, 0.2) is 24.3 Å². The number of ether oxygens (including phenoxy) is 2. The second-order valence-corrected chi connectivity index (χ2v) is 4.47. The number of hydrogen-bond acceptors (Lipinski definition) is 4. The summed E-state index contributed by atoms with van der Waals surface area (Å²) in [7, 11) is 3.09. The molecule has 0 aliphatic rings. The molecule has 1 aromatic rings. The molecule has 4 nitrogen and oxygen atoms in total. The number of hydrogen-bond donors (Lipinski definition) is 1. The molecule has 0 saturated carbocycles. The third-order valence-electron chi connectivity index (χ3n) is 2.90. The highest BCUT2D eigenvalue weighted by atomic mass is 16.5. The lowest BCUT2D eigenvalue weighted by molar-refractivity contribution is -0.141. The van der Waals surface area contributed by atoms with Crippen LogP contribution in [0.25, 0.3) is 0 Å². The molecule has 0 radical (unpaired) electrons. The number of carbonyl (C=O) groups excluding carboxylic acids is 1. The summed E-state index contributed by atoms with van der Waals surface area (Å²) in [5, 5.41) is 3.38. The molecule has 19 heavy (non-hydrogen) atoms. The largest absolute Gasteiger partial charge is 0.469 e. The van der Waals surface area contributed by atoms with E-state index in [1.807, 2.05) is 18.2 Å². The second-order valence-electron chi connectivity index (χ2n) is 4.47. The van der Waals surface area contributed by atoms with Crippen molar-refractivity contribution in [3.8, 4) is 0 Å². The van der Waals surface area contributed by atoms with E-state index in [1.54, 1.807) is 7.11 Å². The molecule has 0 aliphatic heterocycles. The summed E-state index contributed by atoms with van der Waals surface area (Å²) in [6.07, 6.45) is 1.36. The molecule has 0 aliphatic carbocycles. The average molecular weight is 265 g/mol. The molecule has 0 aromatic heterocycles. The molecule has 1 N–H and O–H groups in total. The summed E-state index contributed by atoms with van der Waals surface area (Å²) < 4.78 is 9.89. The Morgan fingerprint density at radius 2 is 2.16 bits per heavy atom. The maximum Gasteiger partial charge on any atom is 0.307 e. The van der Waals surface area contributed by atoms with Crippen molar-refractivity contribution in [2.45, 2.75) is 32.4 Å². The van der Waals surface area contributed by atoms with E-state index in [-0.39, 0.29) is 12.0 Å². The smallest absolute Gasteiger partial charge is 0.307 e. The minimum Gasteiger partial charge on any atom is -0.469 e. The lowest BCUT2D eigenvalue weighted by Crippen LogP contribution is -2.25. The van der Waals surface area contributed by atoms with E-state index in [1.165, 1.54) is 7.11 Å². The molecule has 1 unspecified atom stereocenters. The van der Waals surface area contributed by atoms with Gasteiger partial charge in [-0.15, -0.1) is 0 Å². The Labute approximate surface area is 115 Å². The van der Waals surface area contributed by atoms with Gasteiger partial charge >= 0.3 is 5.97 Å². The first-order valence-corrected chi connectivity index (χ1v) is 6.59. The van der Waals surface area contributed by atoms with Gasteiger partial charge in [0.25, 0.3) is 0 Å². The SMILES string of the molecule is CCCNC(CC(=O)OC)c1cccc(COC)c1. The van der Waals surface area contributed by atoms with Crippen LogP contribution in [0.4, 0.5) is 0 Å². The van der Waals surface area contributed by atoms with Gasteiger partial charge in [0.15, 0.2) is 0 Å². The molecule has 0 heterocycles. The molecule has 1 aromatic carbocycles. The zero-order valence-electron chi connectivity index (χ0n) is 11.9. The van der Waals surface area contributed by atoms with Crippen molar-refractivity contribution in [2.75, 3.05) is 20.8 Å². The summed E-state index contributed by atoms with van der Waals surface area (Å²) in [6, 6.07) is 8.09. The van der Waals surface area contributed by atoms with Gasteiger partial charge in [0.1, 0.15) is 0 Å². The van der Waals surface area contributed by atoms with E-state index >= 15 is 0 Å². The van der Waals surface area contributed by atoms with Gasteiger partial charge in [-0.05, 0) is 24.1 Å². The minimum absolute atomic E-state index is 0.00999. The quantitative estimate of drug-likeness (QED) is 0.733. The second kappa shape index (κ2) is 8.67. The van der Waals surface area contributed by atoms with Crippen molar-refractivity contribution in [3.05, 3.63) is 35.4 Å². The number of nitrogens with one attached hydrogen (secondary N) is 1. The van der Waals surface area contributed by atoms with Gasteiger partial charge in [0.05, 0.1) is 20.1 Å². The van der Waals surface area contributed by atoms with Crippen LogP contribution in [0.2, 0.25) is 0 Å². The zero-order valence-corrected chi connectivity index (χ0v) is 11.9. The van der Waals surface area contributed by atoms with E-state index in [9.17, 15) is 4.79 Å². The van der Waals surface area contributed by atoms with E-state index in [2.05, 4.69) is 18.3 Å². The summed E-state index contributed by atoms with van der Waals surface area (Å²) in [6.45, 7) is 3.55. The normalized spacial score (nSPS) is 12.2. The number of carbonyl (C=O) groups is 1. The third-order valence-corrected chi connectivity index (χ3v) is 2.90. The van der Waals surface area contributed by atoms with Crippen LogP contribution < -0.4 is 5.32 Å². The Hall–Kier alpha value is -1.39. The fourth-order valence-corrected chi connectivity index (χ4v) is 1.94. The molecule has 1 rings (SSSR count). The van der Waals surface area contributed by atoms with Gasteiger partial charge in [-0.2, -0.15) is 0 Å². The Morgan fingerprint density at radius 3 is 2.79 bits per heavy atom. The first-order chi connectivity index (χ1) is 9.21. The molecule has 106 valence electrons. The maximum absolute atomic E-state index is 11.5. The van der Waals surface area contributed by atoms with Crippen LogP contribution in [-0.2, 0) is 20.9 Å². The number of benzene rings is 1. The number of rotatable bonds is 8. The van der Waals surface area contributed by atoms with E-state index in [4.69, 9.17) is 9.47 Å². The zero-order chi connectivity index (χ0) is 14.1. The monoisotopic (exact) mass is 265 g/mol. The van der Waals surface area contributed by atoms with Gasteiger partial charge in [-0.1, -0.05) is 31.2 Å². The van der Waals surface area contributed by atoms with Crippen molar-refractivity contribution in [1.82, 2.24) is 5.32 Å². The summed E-state index contributed by atoms with van der Waals surface area (Å²) >= 11 is 0. The minimum atomic E-state index is -0.203. The molecule has 4 heteroatoms. The maximum atomic E-state index is 11.5. The topological polar surface area (TPSA) is 47.6 Å². The first-order valence-electron chi connectivity index (χ1n) is 6.59. The third kappa shape index (κ3) is 5.41. The lowest BCUT2D eigenvalue weighted by atomic mass is 10.0. The van der Waals surface area contributed by atoms with Crippen molar-refractivity contribution in [2.24, 2.45) is 0 Å². The highest BCUT2D eigenvalue weighted by molar-refractivity contribution is 5.70. The van der Waals surface area contributed by atoms with Crippen molar-refractivity contribution in [1.29, 1.82) is 0 Å².